The molecule has 9 N–H and O–H groups in total. The van der Waals surface area contributed by atoms with E-state index >= 15 is 0 Å². The lowest BCUT2D eigenvalue weighted by Crippen LogP contribution is -2.33. The Kier molecular flexibility index (Phi) is 6.68. The molecule has 31 heavy (non-hydrogen) atoms. The molecule has 0 saturated carbocycles. The minimum atomic E-state index is -5.45. The number of nitrogens with two attached hydrogens (primary N) is 1. The molecular weight excluding hydrogens is 489 g/mol. The Hall–Kier alpha value is -1.36. The molecule has 6 unspecified atom stereocenters. The van der Waals surface area contributed by atoms with E-state index in [1.54, 1.807) is 0 Å². The summed E-state index contributed by atoms with van der Waals surface area (Å²) < 4.78 is 48.9. The lowest BCUT2D eigenvalue weighted by Gasteiger charge is -2.19. The summed E-state index contributed by atoms with van der Waals surface area (Å²) in [7, 11) is -16.1. The molecule has 3 rings (SSSR count). The van der Waals surface area contributed by atoms with Crippen LogP contribution < -0.4 is 10.6 Å². The molecule has 0 spiro atoms. The molecule has 3 heterocycles. The summed E-state index contributed by atoms with van der Waals surface area (Å²) in [5, 5.41) is 20.4. The highest BCUT2D eigenvalue weighted by Gasteiger charge is 2.46. The first-order chi connectivity index (χ1) is 14.2. The second kappa shape index (κ2) is 8.53. The molecule has 0 bridgehead atoms. The van der Waals surface area contributed by atoms with Gasteiger partial charge in [-0.05, 0) is 0 Å². The number of aliphatic hydroxyl groups excluding tert-OH is 2. The van der Waals surface area contributed by atoms with Crippen LogP contribution in [-0.2, 0) is 27.3 Å². The van der Waals surface area contributed by atoms with Crippen molar-refractivity contribution in [3.8, 4) is 0 Å². The number of fused-ring (bicyclic) bond motifs is 1. The number of phosphoric acid groups is 1. The molecule has 0 aromatic carbocycles. The van der Waals surface area contributed by atoms with E-state index in [9.17, 15) is 33.7 Å². The van der Waals surface area contributed by atoms with Gasteiger partial charge in [0.2, 0.25) is 0 Å². The van der Waals surface area contributed by atoms with Crippen LogP contribution in [0.4, 0.5) is 5.82 Å². The highest BCUT2D eigenvalue weighted by molar-refractivity contribution is 7.70. The van der Waals surface area contributed by atoms with E-state index in [0.717, 1.165) is 11.2 Å². The van der Waals surface area contributed by atoms with Gasteiger partial charge in [-0.2, -0.15) is 4.31 Å². The maximum Gasteiger partial charge on any atom is 0.480 e. The zero-order valence-corrected chi connectivity index (χ0v) is 17.7. The topological polar surface area (TPSA) is 282 Å². The van der Waals surface area contributed by atoms with Crippen molar-refractivity contribution in [3.63, 3.8) is 0 Å². The molecule has 18 nitrogen and oxygen atoms in total. The van der Waals surface area contributed by atoms with Gasteiger partial charge in [0.1, 0.15) is 30.2 Å². The van der Waals surface area contributed by atoms with Gasteiger partial charge in [-0.3, -0.25) is 9.09 Å². The van der Waals surface area contributed by atoms with E-state index in [1.807, 2.05) is 0 Å². The Bertz CT molecular complexity index is 1110. The molecule has 1 aliphatic rings. The van der Waals surface area contributed by atoms with Gasteiger partial charge < -0.3 is 40.3 Å². The predicted molar refractivity (Wildman–Crippen MR) is 97.5 cm³/mol. The third-order valence-corrected chi connectivity index (χ3v) is 8.11. The molecule has 174 valence electrons. The third kappa shape index (κ3) is 5.71. The van der Waals surface area contributed by atoms with Crippen LogP contribution in [0.2, 0.25) is 0 Å². The van der Waals surface area contributed by atoms with E-state index < -0.39 is 54.5 Å². The Labute approximate surface area is 172 Å². The zero-order chi connectivity index (χ0) is 23.2. The molecular formula is C10H17N6O12P3. The first kappa shape index (κ1) is 24.3. The summed E-state index contributed by atoms with van der Waals surface area (Å²) in [6, 6.07) is 0. The number of ether oxygens (including phenoxy) is 1. The first-order valence-electron chi connectivity index (χ1n) is 8.00. The third-order valence-electron chi connectivity index (χ3n) is 3.87. The van der Waals surface area contributed by atoms with Crippen molar-refractivity contribution < 1.29 is 57.1 Å². The number of nitrogens with zero attached hydrogens (tertiary/aromatic N) is 4. The van der Waals surface area contributed by atoms with Gasteiger partial charge in [0.05, 0.1) is 12.9 Å². The van der Waals surface area contributed by atoms with Crippen LogP contribution in [0, 0.1) is 0 Å². The Morgan fingerprint density at radius 1 is 1.13 bits per heavy atom. The minimum absolute atomic E-state index is 0.0485. The SMILES string of the molecule is Nc1ncnc2c1ncn2C1OC(COP(=O)(O)OP(=O)(O)NP(=O)(O)O)C(O)C1O. The lowest BCUT2D eigenvalue weighted by atomic mass is 10.1. The molecule has 2 aromatic heterocycles. The van der Waals surface area contributed by atoms with Crippen LogP contribution in [0.15, 0.2) is 12.7 Å². The van der Waals surface area contributed by atoms with Gasteiger partial charge in [-0.1, -0.05) is 0 Å². The summed E-state index contributed by atoms with van der Waals surface area (Å²) in [6.07, 6.45) is -3.62. The predicted octanol–water partition coefficient (Wildman–Crippen LogP) is -2.06. The second-order valence-corrected chi connectivity index (χ2v) is 10.9. The average molecular weight is 506 g/mol. The average Bonchev–Trinajstić information content (AvgIpc) is 3.13. The normalized spacial score (nSPS) is 28.5. The van der Waals surface area contributed by atoms with Crippen molar-refractivity contribution in [3.05, 3.63) is 12.7 Å². The fraction of sp³-hybridized carbons (Fsp3) is 0.500. The molecule has 6 atom stereocenters. The summed E-state index contributed by atoms with van der Waals surface area (Å²) in [5.74, 6) is 0.0485. The van der Waals surface area contributed by atoms with Gasteiger partial charge in [0.25, 0.3) is 0 Å². The molecule has 21 heteroatoms. The van der Waals surface area contributed by atoms with Gasteiger partial charge in [-0.15, -0.1) is 4.86 Å². The van der Waals surface area contributed by atoms with Crippen molar-refractivity contribution in [2.45, 2.75) is 24.5 Å². The number of hydrogen-bond donors (Lipinski definition) is 8. The van der Waals surface area contributed by atoms with Crippen LogP contribution in [0.3, 0.4) is 0 Å². The number of phosphoric ester groups is 1. The van der Waals surface area contributed by atoms with Crippen LogP contribution in [0.25, 0.3) is 11.2 Å². The summed E-state index contributed by atoms with van der Waals surface area (Å²) in [6.45, 7) is -0.928. The summed E-state index contributed by atoms with van der Waals surface area (Å²) >= 11 is 0. The molecule has 0 amide bonds. The summed E-state index contributed by atoms with van der Waals surface area (Å²) in [5.41, 5.74) is 6.02. The van der Waals surface area contributed by atoms with Crippen LogP contribution in [-0.4, -0.2) is 74.2 Å². The smallest absolute Gasteiger partial charge is 0.387 e. The molecule has 1 saturated heterocycles. The fourth-order valence-electron chi connectivity index (χ4n) is 2.67. The van der Waals surface area contributed by atoms with Crippen LogP contribution in [0.1, 0.15) is 6.23 Å². The number of rotatable bonds is 8. The Morgan fingerprint density at radius 2 is 1.81 bits per heavy atom. The van der Waals surface area contributed by atoms with Crippen LogP contribution >= 0.6 is 23.3 Å². The largest absolute Gasteiger partial charge is 0.480 e. The number of hydrogen-bond acceptors (Lipinski definition) is 12. The number of anilines is 1. The summed E-state index contributed by atoms with van der Waals surface area (Å²) in [4.78, 5) is 48.5. The number of nitrogen functional groups attached to an aromatic ring is 1. The van der Waals surface area contributed by atoms with Gasteiger partial charge in [0, 0.05) is 0 Å². The van der Waals surface area contributed by atoms with Gasteiger partial charge in [0.15, 0.2) is 17.7 Å². The zero-order valence-electron chi connectivity index (χ0n) is 15.0. The molecule has 1 fully saturated rings. The van der Waals surface area contributed by atoms with Crippen LogP contribution in [0.5, 0.6) is 0 Å². The standard InChI is InChI=1S/C10H17N6O12P3/c11-8-5-9(13-2-12-8)16(3-14-5)10-7(18)6(17)4(27-10)1-26-31(24,25)28-30(22,23)15-29(19,20)21/h2-4,6-7,10,17-18H,1H2,(H,24,25)(H2,11,12,13)(H4,15,19,20,21,22,23). The van der Waals surface area contributed by atoms with Gasteiger partial charge in [-0.25, -0.2) is 28.6 Å². The molecule has 0 radical (unpaired) electrons. The molecule has 1 aliphatic heterocycles. The molecule has 2 aromatic rings. The maximum atomic E-state index is 11.8. The van der Waals surface area contributed by atoms with Gasteiger partial charge >= 0.3 is 23.3 Å². The Balaban J connectivity index is 1.69. The van der Waals surface area contributed by atoms with Crippen molar-refractivity contribution in [1.82, 2.24) is 24.4 Å². The van der Waals surface area contributed by atoms with E-state index in [0.29, 0.717) is 0 Å². The minimum Gasteiger partial charge on any atom is -0.387 e. The maximum absolute atomic E-state index is 11.8. The fourth-order valence-corrected chi connectivity index (χ4v) is 6.10. The van der Waals surface area contributed by atoms with E-state index in [4.69, 9.17) is 20.3 Å². The van der Waals surface area contributed by atoms with Crippen molar-refractivity contribution in [1.29, 1.82) is 0 Å². The number of nitrogens with one attached hydrogen (secondary N) is 1. The number of aromatic nitrogens is 4. The Morgan fingerprint density at radius 3 is 2.45 bits per heavy atom. The second-order valence-electron chi connectivity index (χ2n) is 6.14. The quantitative estimate of drug-likeness (QED) is 0.179. The lowest BCUT2D eigenvalue weighted by molar-refractivity contribution is -0.0502. The number of aliphatic hydroxyl groups is 2. The van der Waals surface area contributed by atoms with Crippen molar-refractivity contribution in [2.24, 2.45) is 0 Å². The van der Waals surface area contributed by atoms with E-state index in [-0.39, 0.29) is 17.0 Å². The van der Waals surface area contributed by atoms with E-state index in [1.165, 1.54) is 10.9 Å². The number of imidazole rings is 1. The molecule has 0 aliphatic carbocycles. The monoisotopic (exact) mass is 506 g/mol. The van der Waals surface area contributed by atoms with Crippen molar-refractivity contribution >= 4 is 40.3 Å². The first-order valence-corrected chi connectivity index (χ1v) is 12.7. The highest BCUT2D eigenvalue weighted by Crippen LogP contribution is 2.61. The highest BCUT2D eigenvalue weighted by atomic mass is 31.3. The van der Waals surface area contributed by atoms with E-state index in [2.05, 4.69) is 23.8 Å². The van der Waals surface area contributed by atoms with Crippen molar-refractivity contribution in [2.75, 3.05) is 12.3 Å².